The highest BCUT2D eigenvalue weighted by Crippen LogP contribution is 2.18. The van der Waals surface area contributed by atoms with E-state index in [1.54, 1.807) is 19.1 Å². The van der Waals surface area contributed by atoms with E-state index in [2.05, 4.69) is 5.32 Å². The van der Waals surface area contributed by atoms with Gasteiger partial charge in [-0.05, 0) is 37.3 Å². The molecule has 0 radical (unpaired) electrons. The first-order valence-corrected chi connectivity index (χ1v) is 6.80. The lowest BCUT2D eigenvalue weighted by atomic mass is 10.2. The summed E-state index contributed by atoms with van der Waals surface area (Å²) in [5.41, 5.74) is -0.00468. The van der Waals surface area contributed by atoms with Gasteiger partial charge in [0.05, 0.1) is 22.9 Å². The predicted molar refractivity (Wildman–Crippen MR) is 77.0 cm³/mol. The highest BCUT2D eigenvalue weighted by Gasteiger charge is 2.16. The number of hydrogen-bond donors (Lipinski definition) is 1. The van der Waals surface area contributed by atoms with Crippen LogP contribution in [0.5, 0.6) is 0 Å². The van der Waals surface area contributed by atoms with E-state index in [0.29, 0.717) is 5.76 Å². The third kappa shape index (κ3) is 4.08. The Kier molecular flexibility index (Phi) is 5.16. The van der Waals surface area contributed by atoms with Crippen LogP contribution in [0.15, 0.2) is 41.0 Å². The molecular formula is C15H13ClFNO4. The van der Waals surface area contributed by atoms with Crippen molar-refractivity contribution < 1.29 is 23.1 Å². The number of amides is 1. The van der Waals surface area contributed by atoms with Gasteiger partial charge in [0.2, 0.25) is 0 Å². The van der Waals surface area contributed by atoms with E-state index < -0.39 is 24.3 Å². The molecule has 0 aliphatic carbocycles. The van der Waals surface area contributed by atoms with Crippen LogP contribution in [-0.4, -0.2) is 18.5 Å². The summed E-state index contributed by atoms with van der Waals surface area (Å²) in [6.07, 6.45) is 1.49. The van der Waals surface area contributed by atoms with Crippen LogP contribution in [-0.2, 0) is 9.53 Å². The maximum atomic E-state index is 12.9. The summed E-state index contributed by atoms with van der Waals surface area (Å²) >= 11 is 5.74. The van der Waals surface area contributed by atoms with Gasteiger partial charge in [0.1, 0.15) is 11.6 Å². The third-order valence-corrected chi connectivity index (χ3v) is 3.15. The minimum Gasteiger partial charge on any atom is -0.467 e. The van der Waals surface area contributed by atoms with E-state index in [9.17, 15) is 14.0 Å². The summed E-state index contributed by atoms with van der Waals surface area (Å²) in [6.45, 7) is 1.26. The molecule has 1 N–H and O–H groups in total. The van der Waals surface area contributed by atoms with E-state index in [1.165, 1.54) is 12.3 Å². The summed E-state index contributed by atoms with van der Waals surface area (Å²) < 4.78 is 22.9. The van der Waals surface area contributed by atoms with Gasteiger partial charge in [-0.1, -0.05) is 11.6 Å². The maximum absolute atomic E-state index is 12.9. The van der Waals surface area contributed by atoms with Gasteiger partial charge in [0.25, 0.3) is 5.91 Å². The number of rotatable bonds is 5. The molecule has 0 unspecified atom stereocenters. The molecule has 0 aliphatic rings. The quantitative estimate of drug-likeness (QED) is 0.858. The first-order chi connectivity index (χ1) is 10.5. The van der Waals surface area contributed by atoms with E-state index in [0.717, 1.165) is 12.1 Å². The SMILES string of the molecule is C[C@H](NC(=O)COC(=O)c1ccc(F)cc1Cl)c1ccco1. The Morgan fingerprint density at radius 1 is 1.41 bits per heavy atom. The summed E-state index contributed by atoms with van der Waals surface area (Å²) in [5, 5.41) is 2.54. The number of furan rings is 1. The van der Waals surface area contributed by atoms with Crippen LogP contribution in [0.4, 0.5) is 4.39 Å². The molecule has 116 valence electrons. The number of benzene rings is 1. The molecule has 1 amide bonds. The molecule has 0 bridgehead atoms. The zero-order chi connectivity index (χ0) is 16.1. The van der Waals surface area contributed by atoms with Crippen LogP contribution in [0.2, 0.25) is 5.02 Å². The van der Waals surface area contributed by atoms with E-state index in [-0.39, 0.29) is 16.6 Å². The van der Waals surface area contributed by atoms with E-state index in [4.69, 9.17) is 20.8 Å². The van der Waals surface area contributed by atoms with Gasteiger partial charge in [-0.25, -0.2) is 9.18 Å². The first-order valence-electron chi connectivity index (χ1n) is 6.42. The van der Waals surface area contributed by atoms with Crippen molar-refractivity contribution in [2.24, 2.45) is 0 Å². The van der Waals surface area contributed by atoms with E-state index >= 15 is 0 Å². The number of hydrogen-bond acceptors (Lipinski definition) is 4. The predicted octanol–water partition coefficient (Wildman–Crippen LogP) is 3.11. The molecule has 1 aromatic carbocycles. The van der Waals surface area contributed by atoms with Crippen molar-refractivity contribution >= 4 is 23.5 Å². The number of halogens is 2. The minimum absolute atomic E-state index is 0.00468. The number of nitrogens with one attached hydrogen (secondary N) is 1. The monoisotopic (exact) mass is 325 g/mol. The van der Waals surface area contributed by atoms with Crippen molar-refractivity contribution in [3.05, 3.63) is 58.8 Å². The fourth-order valence-corrected chi connectivity index (χ4v) is 2.00. The van der Waals surface area contributed by atoms with Crippen LogP contribution < -0.4 is 5.32 Å². The van der Waals surface area contributed by atoms with Gasteiger partial charge >= 0.3 is 5.97 Å². The number of ether oxygens (including phenoxy) is 1. The van der Waals surface area contributed by atoms with Crippen LogP contribution in [0.25, 0.3) is 0 Å². The van der Waals surface area contributed by atoms with Gasteiger partial charge in [0.15, 0.2) is 6.61 Å². The van der Waals surface area contributed by atoms with Gasteiger partial charge in [-0.15, -0.1) is 0 Å². The highest BCUT2D eigenvalue weighted by atomic mass is 35.5. The zero-order valence-corrected chi connectivity index (χ0v) is 12.4. The van der Waals surface area contributed by atoms with Gasteiger partial charge in [-0.2, -0.15) is 0 Å². The molecule has 5 nitrogen and oxygen atoms in total. The summed E-state index contributed by atoms with van der Waals surface area (Å²) in [7, 11) is 0. The second kappa shape index (κ2) is 7.09. The average molecular weight is 326 g/mol. The maximum Gasteiger partial charge on any atom is 0.340 e. The molecule has 22 heavy (non-hydrogen) atoms. The molecule has 0 aliphatic heterocycles. The lowest BCUT2D eigenvalue weighted by Crippen LogP contribution is -2.31. The number of carbonyl (C=O) groups excluding carboxylic acids is 2. The number of esters is 1. The largest absolute Gasteiger partial charge is 0.467 e. The molecule has 2 rings (SSSR count). The molecule has 0 saturated carbocycles. The van der Waals surface area contributed by atoms with Crippen LogP contribution in [0.3, 0.4) is 0 Å². The summed E-state index contributed by atoms with van der Waals surface area (Å²) in [4.78, 5) is 23.5. The molecule has 7 heteroatoms. The topological polar surface area (TPSA) is 68.5 Å². The van der Waals surface area contributed by atoms with Crippen molar-refractivity contribution in [1.82, 2.24) is 5.32 Å². The Balaban J connectivity index is 1.86. The van der Waals surface area contributed by atoms with Crippen molar-refractivity contribution in [2.75, 3.05) is 6.61 Å². The lowest BCUT2D eigenvalue weighted by Gasteiger charge is -2.11. The lowest BCUT2D eigenvalue weighted by molar-refractivity contribution is -0.125. The molecule has 1 aromatic heterocycles. The van der Waals surface area contributed by atoms with E-state index in [1.807, 2.05) is 0 Å². The number of carbonyl (C=O) groups is 2. The second-order valence-electron chi connectivity index (χ2n) is 4.50. The van der Waals surface area contributed by atoms with Crippen LogP contribution in [0, 0.1) is 5.82 Å². The van der Waals surface area contributed by atoms with Crippen LogP contribution >= 0.6 is 11.6 Å². The van der Waals surface area contributed by atoms with Crippen molar-refractivity contribution in [3.63, 3.8) is 0 Å². The molecule has 1 atom stereocenters. The third-order valence-electron chi connectivity index (χ3n) is 2.83. The molecular weight excluding hydrogens is 313 g/mol. The van der Waals surface area contributed by atoms with Gasteiger partial charge < -0.3 is 14.5 Å². The molecule has 1 heterocycles. The Morgan fingerprint density at radius 3 is 2.82 bits per heavy atom. The van der Waals surface area contributed by atoms with Crippen LogP contribution in [0.1, 0.15) is 29.1 Å². The Morgan fingerprint density at radius 2 is 2.18 bits per heavy atom. The average Bonchev–Trinajstić information content (AvgIpc) is 2.99. The summed E-state index contributed by atoms with van der Waals surface area (Å²) in [5.74, 6) is -1.27. The van der Waals surface area contributed by atoms with Crippen molar-refractivity contribution in [3.8, 4) is 0 Å². The molecule has 0 spiro atoms. The molecule has 0 saturated heterocycles. The van der Waals surface area contributed by atoms with Gasteiger partial charge in [-0.3, -0.25) is 4.79 Å². The molecule has 0 fully saturated rings. The second-order valence-corrected chi connectivity index (χ2v) is 4.91. The first kappa shape index (κ1) is 16.0. The van der Waals surface area contributed by atoms with Crippen molar-refractivity contribution in [2.45, 2.75) is 13.0 Å². The van der Waals surface area contributed by atoms with Crippen molar-refractivity contribution in [1.29, 1.82) is 0 Å². The Bertz CT molecular complexity index is 672. The Labute approximate surface area is 131 Å². The van der Waals surface area contributed by atoms with Gasteiger partial charge in [0, 0.05) is 0 Å². The summed E-state index contributed by atoms with van der Waals surface area (Å²) in [6, 6.07) is 6.35. The zero-order valence-electron chi connectivity index (χ0n) is 11.6. The fourth-order valence-electron chi connectivity index (χ4n) is 1.76. The smallest absolute Gasteiger partial charge is 0.340 e. The normalized spacial score (nSPS) is 11.8. The minimum atomic E-state index is -0.800. The fraction of sp³-hybridized carbons (Fsp3) is 0.200. The Hall–Kier alpha value is -2.34. The standard InChI is InChI=1S/C15H13ClFNO4/c1-9(13-3-2-6-21-13)18-14(19)8-22-15(20)11-5-4-10(17)7-12(11)16/h2-7,9H,8H2,1H3,(H,18,19)/t9-/m0/s1. The molecule has 2 aromatic rings. The highest BCUT2D eigenvalue weighted by molar-refractivity contribution is 6.33.